The summed E-state index contributed by atoms with van der Waals surface area (Å²) in [6.07, 6.45) is 5.84. The number of allylic oxidation sites excluding steroid dienone is 2. The highest BCUT2D eigenvalue weighted by atomic mass is 16.1. The van der Waals surface area contributed by atoms with Gasteiger partial charge in [-0.1, -0.05) is 26.0 Å². The molecule has 0 unspecified atom stereocenters. The quantitative estimate of drug-likeness (QED) is 0.834. The first-order chi connectivity index (χ1) is 10.7. The van der Waals surface area contributed by atoms with Gasteiger partial charge in [-0.2, -0.15) is 0 Å². The summed E-state index contributed by atoms with van der Waals surface area (Å²) >= 11 is 0. The van der Waals surface area contributed by atoms with Crippen LogP contribution in [0.1, 0.15) is 54.6 Å². The molecule has 1 amide bonds. The number of rotatable bonds is 7. The number of nitrogens with zero attached hydrogens (tertiary/aromatic N) is 1. The van der Waals surface area contributed by atoms with Crippen LogP contribution in [0.2, 0.25) is 0 Å². The van der Waals surface area contributed by atoms with Crippen molar-refractivity contribution in [2.75, 3.05) is 26.2 Å². The zero-order valence-corrected chi connectivity index (χ0v) is 14.1. The number of carbonyl (C=O) groups excluding carboxylic acids is 1. The molecule has 0 heterocycles. The molecular weight excluding hydrogens is 272 g/mol. The first kappa shape index (κ1) is 16.8. The summed E-state index contributed by atoms with van der Waals surface area (Å²) < 4.78 is 0. The van der Waals surface area contributed by atoms with Gasteiger partial charge in [0.1, 0.15) is 0 Å². The maximum Gasteiger partial charge on any atom is 0.251 e. The second-order valence-electron chi connectivity index (χ2n) is 5.93. The van der Waals surface area contributed by atoms with E-state index in [0.29, 0.717) is 6.54 Å². The van der Waals surface area contributed by atoms with E-state index in [-0.39, 0.29) is 5.91 Å². The Bertz CT molecular complexity index is 544. The standard InChI is InChI=1S/C19H28N2O/c1-4-21(5-2)13-12-20-19(22)17-11-10-15(3)18(14-17)16-8-6-7-9-16/h8,10-11,14H,4-7,9,12-13H2,1-3H3,(H,20,22). The highest BCUT2D eigenvalue weighted by Gasteiger charge is 2.13. The highest BCUT2D eigenvalue weighted by molar-refractivity contribution is 5.95. The minimum atomic E-state index is 0.0343. The Morgan fingerprint density at radius 1 is 1.27 bits per heavy atom. The van der Waals surface area contributed by atoms with E-state index in [0.717, 1.165) is 38.0 Å². The monoisotopic (exact) mass is 300 g/mol. The van der Waals surface area contributed by atoms with Crippen molar-refractivity contribution in [3.8, 4) is 0 Å². The number of hydrogen-bond donors (Lipinski definition) is 1. The predicted octanol–water partition coefficient (Wildman–Crippen LogP) is 3.63. The van der Waals surface area contributed by atoms with Crippen LogP contribution >= 0.6 is 0 Å². The number of nitrogens with one attached hydrogen (secondary N) is 1. The lowest BCUT2D eigenvalue weighted by atomic mass is 9.97. The van der Waals surface area contributed by atoms with Crippen molar-refractivity contribution < 1.29 is 4.79 Å². The third-order valence-corrected chi connectivity index (χ3v) is 4.49. The Kier molecular flexibility index (Phi) is 6.20. The van der Waals surface area contributed by atoms with Crippen LogP contribution in [0.3, 0.4) is 0 Å². The summed E-state index contributed by atoms with van der Waals surface area (Å²) in [5.74, 6) is 0.0343. The van der Waals surface area contributed by atoms with E-state index >= 15 is 0 Å². The van der Waals surface area contributed by atoms with E-state index in [4.69, 9.17) is 0 Å². The van der Waals surface area contributed by atoms with Gasteiger partial charge in [-0.05, 0) is 68.1 Å². The molecule has 0 aromatic heterocycles. The van der Waals surface area contributed by atoms with Gasteiger partial charge in [0.2, 0.25) is 0 Å². The summed E-state index contributed by atoms with van der Waals surface area (Å²) in [6.45, 7) is 10.1. The number of likely N-dealkylation sites (N-methyl/N-ethyl adjacent to an activating group) is 1. The summed E-state index contributed by atoms with van der Waals surface area (Å²) in [7, 11) is 0. The molecule has 0 radical (unpaired) electrons. The minimum Gasteiger partial charge on any atom is -0.351 e. The van der Waals surface area contributed by atoms with E-state index in [1.165, 1.54) is 23.1 Å². The van der Waals surface area contributed by atoms with Crippen molar-refractivity contribution >= 4 is 11.5 Å². The molecular formula is C19H28N2O. The molecule has 0 bridgehead atoms. The van der Waals surface area contributed by atoms with Crippen molar-refractivity contribution in [1.82, 2.24) is 10.2 Å². The average Bonchev–Trinajstić information content (AvgIpc) is 3.06. The van der Waals surface area contributed by atoms with Gasteiger partial charge in [0, 0.05) is 18.7 Å². The molecule has 2 rings (SSSR count). The summed E-state index contributed by atoms with van der Waals surface area (Å²) in [4.78, 5) is 14.6. The first-order valence-electron chi connectivity index (χ1n) is 8.46. The van der Waals surface area contributed by atoms with Crippen molar-refractivity contribution in [3.63, 3.8) is 0 Å². The second-order valence-corrected chi connectivity index (χ2v) is 5.93. The second kappa shape index (κ2) is 8.14. The molecule has 3 nitrogen and oxygen atoms in total. The van der Waals surface area contributed by atoms with E-state index in [1.54, 1.807) is 0 Å². The van der Waals surface area contributed by atoms with Gasteiger partial charge in [-0.15, -0.1) is 0 Å². The molecule has 0 saturated heterocycles. The Hall–Kier alpha value is -1.61. The molecule has 22 heavy (non-hydrogen) atoms. The number of carbonyl (C=O) groups is 1. The van der Waals surface area contributed by atoms with Crippen LogP contribution in [0.4, 0.5) is 0 Å². The van der Waals surface area contributed by atoms with Crippen molar-refractivity contribution in [2.45, 2.75) is 40.0 Å². The van der Waals surface area contributed by atoms with E-state index in [1.807, 2.05) is 6.07 Å². The third kappa shape index (κ3) is 4.20. The van der Waals surface area contributed by atoms with Crippen molar-refractivity contribution in [1.29, 1.82) is 0 Å². The Morgan fingerprint density at radius 3 is 2.68 bits per heavy atom. The molecule has 1 aliphatic rings. The molecule has 0 fully saturated rings. The van der Waals surface area contributed by atoms with E-state index < -0.39 is 0 Å². The van der Waals surface area contributed by atoms with Gasteiger partial charge >= 0.3 is 0 Å². The molecule has 1 aromatic rings. The first-order valence-corrected chi connectivity index (χ1v) is 8.46. The molecule has 0 saturated carbocycles. The van der Waals surface area contributed by atoms with E-state index in [2.05, 4.69) is 49.2 Å². The number of hydrogen-bond acceptors (Lipinski definition) is 2. The number of benzene rings is 1. The Labute approximate surface area is 134 Å². The molecule has 1 aromatic carbocycles. The average molecular weight is 300 g/mol. The van der Waals surface area contributed by atoms with E-state index in [9.17, 15) is 4.79 Å². The maximum atomic E-state index is 12.3. The van der Waals surface area contributed by atoms with Crippen LogP contribution in [0, 0.1) is 6.92 Å². The molecule has 1 N–H and O–H groups in total. The summed E-state index contributed by atoms with van der Waals surface area (Å²) in [5, 5.41) is 3.04. The summed E-state index contributed by atoms with van der Waals surface area (Å²) in [5.41, 5.74) is 4.67. The van der Waals surface area contributed by atoms with Crippen LogP contribution in [0.5, 0.6) is 0 Å². The Morgan fingerprint density at radius 2 is 2.05 bits per heavy atom. The SMILES string of the molecule is CCN(CC)CCNC(=O)c1ccc(C)c(C2=CCCC2)c1. The van der Waals surface area contributed by atoms with Crippen LogP contribution in [0.15, 0.2) is 24.3 Å². The Balaban J connectivity index is 1.99. The lowest BCUT2D eigenvalue weighted by molar-refractivity contribution is 0.0949. The van der Waals surface area contributed by atoms with Crippen LogP contribution in [-0.2, 0) is 0 Å². The van der Waals surface area contributed by atoms with Crippen LogP contribution in [0.25, 0.3) is 5.57 Å². The van der Waals surface area contributed by atoms with Crippen molar-refractivity contribution in [2.24, 2.45) is 0 Å². The smallest absolute Gasteiger partial charge is 0.251 e. The fourth-order valence-electron chi connectivity index (χ4n) is 2.99. The van der Waals surface area contributed by atoms with Gasteiger partial charge < -0.3 is 10.2 Å². The van der Waals surface area contributed by atoms with Crippen LogP contribution in [-0.4, -0.2) is 37.0 Å². The topological polar surface area (TPSA) is 32.3 Å². The molecule has 0 spiro atoms. The van der Waals surface area contributed by atoms with Gasteiger partial charge in [0.05, 0.1) is 0 Å². The fraction of sp³-hybridized carbons (Fsp3) is 0.526. The van der Waals surface area contributed by atoms with Gasteiger partial charge in [-0.25, -0.2) is 0 Å². The van der Waals surface area contributed by atoms with Gasteiger partial charge in [0.15, 0.2) is 0 Å². The zero-order valence-electron chi connectivity index (χ0n) is 14.1. The maximum absolute atomic E-state index is 12.3. The zero-order chi connectivity index (χ0) is 15.9. The normalized spacial score (nSPS) is 14.3. The van der Waals surface area contributed by atoms with Crippen molar-refractivity contribution in [3.05, 3.63) is 41.0 Å². The largest absolute Gasteiger partial charge is 0.351 e. The molecule has 120 valence electrons. The van der Waals surface area contributed by atoms with Gasteiger partial charge in [-0.3, -0.25) is 4.79 Å². The van der Waals surface area contributed by atoms with Crippen LogP contribution < -0.4 is 5.32 Å². The third-order valence-electron chi connectivity index (χ3n) is 4.49. The molecule has 0 atom stereocenters. The minimum absolute atomic E-state index is 0.0343. The molecule has 3 heteroatoms. The molecule has 0 aliphatic heterocycles. The van der Waals surface area contributed by atoms with Gasteiger partial charge in [0.25, 0.3) is 5.91 Å². The summed E-state index contributed by atoms with van der Waals surface area (Å²) in [6, 6.07) is 6.05. The number of aryl methyl sites for hydroxylation is 1. The predicted molar refractivity (Wildman–Crippen MR) is 93.1 cm³/mol. The molecule has 1 aliphatic carbocycles. The lowest BCUT2D eigenvalue weighted by Crippen LogP contribution is -2.34. The fourth-order valence-corrected chi connectivity index (χ4v) is 2.99. The lowest BCUT2D eigenvalue weighted by Gasteiger charge is -2.18. The highest BCUT2D eigenvalue weighted by Crippen LogP contribution is 2.30. The number of amides is 1.